The van der Waals surface area contributed by atoms with Gasteiger partial charge in [0, 0.05) is 11.3 Å². The van der Waals surface area contributed by atoms with Crippen LogP contribution >= 0.6 is 0 Å². The summed E-state index contributed by atoms with van der Waals surface area (Å²) in [5, 5.41) is 11.7. The van der Waals surface area contributed by atoms with Gasteiger partial charge < -0.3 is 24.1 Å². The molecule has 8 heteroatoms. The maximum atomic E-state index is 12.7. The van der Waals surface area contributed by atoms with Gasteiger partial charge in [-0.25, -0.2) is 9.59 Å². The summed E-state index contributed by atoms with van der Waals surface area (Å²) in [6.45, 7) is 5.95. The van der Waals surface area contributed by atoms with Crippen molar-refractivity contribution in [2.75, 3.05) is 32.2 Å². The Morgan fingerprint density at radius 3 is 2.31 bits per heavy atom. The molecule has 2 N–H and O–H groups in total. The zero-order valence-electron chi connectivity index (χ0n) is 20.8. The monoisotopic (exact) mass is 485 g/mol. The van der Waals surface area contributed by atoms with E-state index >= 15 is 0 Å². The minimum atomic E-state index is -0.578. The van der Waals surface area contributed by atoms with Gasteiger partial charge >= 0.3 is 12.1 Å². The highest BCUT2D eigenvalue weighted by molar-refractivity contribution is 5.87. The number of esters is 1. The fourth-order valence-electron chi connectivity index (χ4n) is 3.41. The highest BCUT2D eigenvalue weighted by Gasteiger charge is 2.24. The Hall–Kier alpha value is -3.52. The number of carbonyl (C=O) groups excluding carboxylic acids is 2. The Morgan fingerprint density at radius 1 is 1.06 bits per heavy atom. The molecule has 2 aromatic rings. The first kappa shape index (κ1) is 27.7. The van der Waals surface area contributed by atoms with Crippen LogP contribution < -0.4 is 14.8 Å². The largest absolute Gasteiger partial charge is 0.497 e. The molecule has 0 saturated carbocycles. The van der Waals surface area contributed by atoms with Crippen molar-refractivity contribution in [1.29, 1.82) is 0 Å². The van der Waals surface area contributed by atoms with Crippen LogP contribution in [0.15, 0.2) is 60.2 Å². The van der Waals surface area contributed by atoms with Crippen LogP contribution in [-0.2, 0) is 14.3 Å². The number of hydrogen-bond acceptors (Lipinski definition) is 7. The van der Waals surface area contributed by atoms with E-state index in [1.807, 2.05) is 25.1 Å². The molecule has 0 unspecified atom stereocenters. The van der Waals surface area contributed by atoms with E-state index in [2.05, 4.69) is 5.32 Å². The first-order chi connectivity index (χ1) is 16.9. The van der Waals surface area contributed by atoms with Crippen LogP contribution in [0.5, 0.6) is 11.5 Å². The number of nitrogens with one attached hydrogen (secondary N) is 1. The molecule has 1 amide bonds. The van der Waals surface area contributed by atoms with Crippen molar-refractivity contribution in [1.82, 2.24) is 0 Å². The Kier molecular flexibility index (Phi) is 11.6. The van der Waals surface area contributed by atoms with E-state index in [1.54, 1.807) is 57.4 Å². The first-order valence-electron chi connectivity index (χ1n) is 11.7. The predicted molar refractivity (Wildman–Crippen MR) is 134 cm³/mol. The minimum absolute atomic E-state index is 0.0490. The number of carbonyl (C=O) groups is 2. The van der Waals surface area contributed by atoms with Crippen LogP contribution in [0.25, 0.3) is 0 Å². The van der Waals surface area contributed by atoms with E-state index in [1.165, 1.54) is 0 Å². The summed E-state index contributed by atoms with van der Waals surface area (Å²) in [6.07, 6.45) is 2.04. The molecular formula is C27H35NO7. The lowest BCUT2D eigenvalue weighted by molar-refractivity contribution is -0.138. The predicted octanol–water partition coefficient (Wildman–Crippen LogP) is 5.28. The fourth-order valence-corrected chi connectivity index (χ4v) is 3.41. The maximum absolute atomic E-state index is 12.7. The van der Waals surface area contributed by atoms with Crippen LogP contribution in [0.1, 0.15) is 45.3 Å². The van der Waals surface area contributed by atoms with Crippen LogP contribution in [-0.4, -0.2) is 44.1 Å². The van der Waals surface area contributed by atoms with E-state index in [4.69, 9.17) is 24.1 Å². The minimum Gasteiger partial charge on any atom is -0.497 e. The van der Waals surface area contributed by atoms with Gasteiger partial charge in [-0.05, 0) is 74.6 Å². The Bertz CT molecular complexity index is 954. The number of amides is 1. The average Bonchev–Trinajstić information content (AvgIpc) is 2.86. The van der Waals surface area contributed by atoms with Crippen molar-refractivity contribution < 1.29 is 33.6 Å². The van der Waals surface area contributed by atoms with E-state index in [9.17, 15) is 9.59 Å². The molecular weight excluding hydrogens is 450 g/mol. The lowest BCUT2D eigenvalue weighted by Crippen LogP contribution is -2.22. The van der Waals surface area contributed by atoms with Crippen LogP contribution in [0, 0.1) is 5.92 Å². The number of rotatable bonds is 13. The number of allylic oxidation sites excluding steroid dienone is 1. The first-order valence-corrected chi connectivity index (χ1v) is 11.7. The SMILES string of the molecule is CCOC(=O)/C(C)=C/CC[C@@H](C)[C@H](OC(=O)Nc1ccc(OC)cc1)c1ccc(OCCO)cc1. The Morgan fingerprint density at radius 2 is 1.71 bits per heavy atom. The van der Waals surface area contributed by atoms with Crippen molar-refractivity contribution in [3.8, 4) is 11.5 Å². The summed E-state index contributed by atoms with van der Waals surface area (Å²) in [6, 6.07) is 14.2. The van der Waals surface area contributed by atoms with Gasteiger partial charge in [0.15, 0.2) is 0 Å². The average molecular weight is 486 g/mol. The molecule has 8 nitrogen and oxygen atoms in total. The van der Waals surface area contributed by atoms with Gasteiger partial charge in [-0.2, -0.15) is 0 Å². The van der Waals surface area contributed by atoms with Crippen LogP contribution in [0.3, 0.4) is 0 Å². The van der Waals surface area contributed by atoms with Gasteiger partial charge in [-0.1, -0.05) is 25.1 Å². The highest BCUT2D eigenvalue weighted by atomic mass is 16.6. The van der Waals surface area contributed by atoms with Gasteiger partial charge in [0.25, 0.3) is 0 Å². The Labute approximate surface area is 206 Å². The van der Waals surface area contributed by atoms with E-state index < -0.39 is 12.2 Å². The lowest BCUT2D eigenvalue weighted by Gasteiger charge is -2.25. The van der Waals surface area contributed by atoms with Gasteiger partial charge in [-0.3, -0.25) is 5.32 Å². The van der Waals surface area contributed by atoms with Gasteiger partial charge in [0.05, 0.1) is 20.3 Å². The smallest absolute Gasteiger partial charge is 0.412 e. The molecule has 0 spiro atoms. The molecule has 0 aliphatic heterocycles. The molecule has 2 rings (SSSR count). The number of aliphatic hydroxyl groups excluding tert-OH is 1. The molecule has 35 heavy (non-hydrogen) atoms. The zero-order chi connectivity index (χ0) is 25.6. The summed E-state index contributed by atoms with van der Waals surface area (Å²) < 4.78 is 21.4. The van der Waals surface area contributed by atoms with Crippen LogP contribution in [0.4, 0.5) is 10.5 Å². The zero-order valence-corrected chi connectivity index (χ0v) is 20.8. The summed E-state index contributed by atoms with van der Waals surface area (Å²) in [7, 11) is 1.58. The van der Waals surface area contributed by atoms with Crippen molar-refractivity contribution in [2.24, 2.45) is 5.92 Å². The van der Waals surface area contributed by atoms with Crippen LogP contribution in [0.2, 0.25) is 0 Å². The van der Waals surface area contributed by atoms with Crippen molar-refractivity contribution in [2.45, 2.75) is 39.7 Å². The second kappa shape index (κ2) is 14.7. The van der Waals surface area contributed by atoms with Crippen molar-refractivity contribution >= 4 is 17.7 Å². The Balaban J connectivity index is 2.12. The highest BCUT2D eigenvalue weighted by Crippen LogP contribution is 2.31. The van der Waals surface area contributed by atoms with E-state index in [0.29, 0.717) is 42.2 Å². The van der Waals surface area contributed by atoms with Gasteiger partial charge in [0.2, 0.25) is 0 Å². The lowest BCUT2D eigenvalue weighted by atomic mass is 9.92. The van der Waals surface area contributed by atoms with Gasteiger partial charge in [0.1, 0.15) is 24.2 Å². The van der Waals surface area contributed by atoms with E-state index in [-0.39, 0.29) is 25.1 Å². The normalized spacial score (nSPS) is 12.9. The fraction of sp³-hybridized carbons (Fsp3) is 0.407. The summed E-state index contributed by atoms with van der Waals surface area (Å²) in [5.74, 6) is 0.923. The quantitative estimate of drug-likeness (QED) is 0.294. The molecule has 0 saturated heterocycles. The number of methoxy groups -OCH3 is 1. The number of benzene rings is 2. The molecule has 2 atom stereocenters. The second-order valence-corrected chi connectivity index (χ2v) is 7.98. The molecule has 0 aliphatic rings. The molecule has 0 bridgehead atoms. The molecule has 0 radical (unpaired) electrons. The third kappa shape index (κ3) is 9.33. The summed E-state index contributed by atoms with van der Waals surface area (Å²) in [4.78, 5) is 24.6. The summed E-state index contributed by atoms with van der Waals surface area (Å²) >= 11 is 0. The molecule has 0 aromatic heterocycles. The van der Waals surface area contributed by atoms with Crippen molar-refractivity contribution in [3.05, 3.63) is 65.7 Å². The summed E-state index contributed by atoms with van der Waals surface area (Å²) in [5.41, 5.74) is 1.95. The number of anilines is 1. The molecule has 0 aliphatic carbocycles. The third-order valence-corrected chi connectivity index (χ3v) is 5.33. The van der Waals surface area contributed by atoms with Gasteiger partial charge in [-0.15, -0.1) is 0 Å². The molecule has 0 heterocycles. The number of aliphatic hydroxyl groups is 1. The second-order valence-electron chi connectivity index (χ2n) is 7.98. The van der Waals surface area contributed by atoms with E-state index in [0.717, 1.165) is 5.56 Å². The third-order valence-electron chi connectivity index (χ3n) is 5.33. The standard InChI is InChI=1S/C27H35NO7/c1-5-33-26(30)20(3)8-6-7-19(2)25(21-9-13-24(14-10-21)34-18-17-29)35-27(31)28-22-11-15-23(32-4)16-12-22/h8-16,19,25,29H,5-7,17-18H2,1-4H3,(H,28,31)/b20-8+/t19-,25+/m1/s1. The molecule has 2 aromatic carbocycles. The topological polar surface area (TPSA) is 103 Å². The van der Waals surface area contributed by atoms with Crippen molar-refractivity contribution in [3.63, 3.8) is 0 Å². The number of hydrogen-bond donors (Lipinski definition) is 2. The maximum Gasteiger partial charge on any atom is 0.412 e. The number of ether oxygens (including phenoxy) is 4. The molecule has 0 fully saturated rings. The molecule has 190 valence electrons.